The third-order valence-electron chi connectivity index (χ3n) is 4.45. The van der Waals surface area contributed by atoms with Crippen LogP contribution in [0.5, 0.6) is 0 Å². The van der Waals surface area contributed by atoms with E-state index in [1.165, 1.54) is 29.8 Å². The summed E-state index contributed by atoms with van der Waals surface area (Å²) in [7, 11) is 0. The van der Waals surface area contributed by atoms with Gasteiger partial charge in [-0.3, -0.25) is 4.68 Å². The molecule has 1 aromatic heterocycles. The number of nitrogens with zero attached hydrogens (tertiary/aromatic N) is 2. The molecule has 2 rings (SSSR count). The number of nitrogens with one attached hydrogen (secondary N) is 1. The lowest BCUT2D eigenvalue weighted by Gasteiger charge is -2.24. The van der Waals surface area contributed by atoms with Crippen molar-refractivity contribution in [2.45, 2.75) is 59.5 Å². The van der Waals surface area contributed by atoms with Gasteiger partial charge in [-0.25, -0.2) is 0 Å². The van der Waals surface area contributed by atoms with Gasteiger partial charge in [0.05, 0.1) is 18.8 Å². The fourth-order valence-electron chi connectivity index (χ4n) is 3.19. The minimum Gasteiger partial charge on any atom is -0.381 e. The van der Waals surface area contributed by atoms with Gasteiger partial charge in [0.15, 0.2) is 0 Å². The molecule has 4 heteroatoms. The molecule has 1 saturated heterocycles. The molecule has 114 valence electrons. The summed E-state index contributed by atoms with van der Waals surface area (Å²) < 4.78 is 7.76. The van der Waals surface area contributed by atoms with Crippen molar-refractivity contribution in [2.24, 2.45) is 5.92 Å². The van der Waals surface area contributed by atoms with Gasteiger partial charge in [-0.1, -0.05) is 13.8 Å². The summed E-state index contributed by atoms with van der Waals surface area (Å²) in [5.74, 6) is 0.621. The van der Waals surface area contributed by atoms with Gasteiger partial charge in [0, 0.05) is 24.3 Å². The second-order valence-electron chi connectivity index (χ2n) is 5.87. The molecule has 1 aliphatic heterocycles. The predicted octanol–water partition coefficient (Wildman–Crippen LogP) is 2.47. The van der Waals surface area contributed by atoms with E-state index in [9.17, 15) is 0 Å². The molecule has 0 amide bonds. The number of hydrogen-bond acceptors (Lipinski definition) is 3. The number of aromatic nitrogens is 2. The highest BCUT2D eigenvalue weighted by atomic mass is 16.5. The predicted molar refractivity (Wildman–Crippen MR) is 82.1 cm³/mol. The van der Waals surface area contributed by atoms with Crippen molar-refractivity contribution < 1.29 is 4.74 Å². The summed E-state index contributed by atoms with van der Waals surface area (Å²) >= 11 is 0. The van der Waals surface area contributed by atoms with Gasteiger partial charge in [-0.2, -0.15) is 5.10 Å². The summed E-state index contributed by atoms with van der Waals surface area (Å²) in [5.41, 5.74) is 3.91. The van der Waals surface area contributed by atoms with Gasteiger partial charge < -0.3 is 10.1 Å². The minimum absolute atomic E-state index is 0.472. The van der Waals surface area contributed by atoms with Gasteiger partial charge in [0.1, 0.15) is 0 Å². The quantitative estimate of drug-likeness (QED) is 0.833. The van der Waals surface area contributed by atoms with Gasteiger partial charge >= 0.3 is 0 Å². The van der Waals surface area contributed by atoms with E-state index in [0.29, 0.717) is 12.0 Å². The maximum atomic E-state index is 5.57. The molecular formula is C16H29N3O. The third-order valence-corrected chi connectivity index (χ3v) is 4.45. The van der Waals surface area contributed by atoms with Crippen LogP contribution >= 0.6 is 0 Å². The first-order chi connectivity index (χ1) is 9.67. The Labute approximate surface area is 122 Å². The highest BCUT2D eigenvalue weighted by molar-refractivity contribution is 5.24. The van der Waals surface area contributed by atoms with Crippen LogP contribution in [0.25, 0.3) is 0 Å². The lowest BCUT2D eigenvalue weighted by Crippen LogP contribution is -2.41. The van der Waals surface area contributed by atoms with E-state index < -0.39 is 0 Å². The van der Waals surface area contributed by atoms with Crippen LogP contribution in [0.3, 0.4) is 0 Å². The Kier molecular flexibility index (Phi) is 5.61. The summed E-state index contributed by atoms with van der Waals surface area (Å²) in [6, 6.07) is 0.472. The molecule has 0 aliphatic carbocycles. The van der Waals surface area contributed by atoms with Crippen LogP contribution < -0.4 is 5.32 Å². The van der Waals surface area contributed by atoms with Crippen LogP contribution in [-0.4, -0.2) is 35.6 Å². The normalized spacial score (nSPS) is 20.5. The topological polar surface area (TPSA) is 39.1 Å². The summed E-state index contributed by atoms with van der Waals surface area (Å²) in [6.07, 6.45) is 3.40. The Balaban J connectivity index is 2.10. The molecule has 1 aliphatic rings. The van der Waals surface area contributed by atoms with Crippen LogP contribution in [0.15, 0.2) is 0 Å². The lowest BCUT2D eigenvalue weighted by molar-refractivity contribution is 0.172. The second kappa shape index (κ2) is 7.23. The molecule has 0 aromatic carbocycles. The van der Waals surface area contributed by atoms with Crippen LogP contribution in [0.4, 0.5) is 0 Å². The Hall–Kier alpha value is -0.870. The van der Waals surface area contributed by atoms with E-state index in [1.807, 2.05) is 0 Å². The Morgan fingerprint density at radius 3 is 2.75 bits per heavy atom. The summed E-state index contributed by atoms with van der Waals surface area (Å²) in [6.45, 7) is 12.6. The molecule has 1 fully saturated rings. The average molecular weight is 279 g/mol. The van der Waals surface area contributed by atoms with Crippen LogP contribution in [-0.2, 0) is 17.7 Å². The Morgan fingerprint density at radius 1 is 1.40 bits per heavy atom. The molecule has 0 spiro atoms. The van der Waals surface area contributed by atoms with Crippen molar-refractivity contribution >= 4 is 0 Å². The van der Waals surface area contributed by atoms with Crippen molar-refractivity contribution in [2.75, 3.05) is 19.8 Å². The Bertz CT molecular complexity index is 422. The van der Waals surface area contributed by atoms with Crippen LogP contribution in [0.2, 0.25) is 0 Å². The van der Waals surface area contributed by atoms with Crippen molar-refractivity contribution in [3.05, 3.63) is 17.0 Å². The van der Waals surface area contributed by atoms with Gasteiger partial charge in [-0.15, -0.1) is 0 Å². The SMILES string of the molecule is CCCNC(Cn1nc(C)c(CC)c1C)C1CCOC1. The van der Waals surface area contributed by atoms with Crippen LogP contribution in [0.1, 0.15) is 43.6 Å². The number of aryl methyl sites for hydroxylation is 1. The molecule has 4 nitrogen and oxygen atoms in total. The van der Waals surface area contributed by atoms with E-state index in [0.717, 1.165) is 32.7 Å². The number of ether oxygens (including phenoxy) is 1. The molecular weight excluding hydrogens is 250 g/mol. The first-order valence-electron chi connectivity index (χ1n) is 8.01. The Morgan fingerprint density at radius 2 is 2.20 bits per heavy atom. The average Bonchev–Trinajstić information content (AvgIpc) is 3.04. The summed E-state index contributed by atoms with van der Waals surface area (Å²) in [5, 5.41) is 8.43. The zero-order chi connectivity index (χ0) is 14.5. The van der Waals surface area contributed by atoms with E-state index >= 15 is 0 Å². The standard InChI is InChI=1S/C16H29N3O/c1-5-8-17-16(14-7-9-20-11-14)10-19-13(4)15(6-2)12(3)18-19/h14,16-17H,5-11H2,1-4H3. The molecule has 20 heavy (non-hydrogen) atoms. The summed E-state index contributed by atoms with van der Waals surface area (Å²) in [4.78, 5) is 0. The zero-order valence-electron chi connectivity index (χ0n) is 13.4. The fraction of sp³-hybridized carbons (Fsp3) is 0.812. The zero-order valence-corrected chi connectivity index (χ0v) is 13.4. The van der Waals surface area contributed by atoms with E-state index in [-0.39, 0.29) is 0 Å². The van der Waals surface area contributed by atoms with E-state index in [2.05, 4.69) is 37.7 Å². The maximum absolute atomic E-state index is 5.57. The number of rotatable bonds is 7. The molecule has 0 saturated carbocycles. The highest BCUT2D eigenvalue weighted by Gasteiger charge is 2.26. The van der Waals surface area contributed by atoms with Crippen molar-refractivity contribution in [1.29, 1.82) is 0 Å². The molecule has 0 radical (unpaired) electrons. The second-order valence-corrected chi connectivity index (χ2v) is 5.87. The molecule has 1 N–H and O–H groups in total. The maximum Gasteiger partial charge on any atom is 0.0628 e. The van der Waals surface area contributed by atoms with Gasteiger partial charge in [-0.05, 0) is 45.2 Å². The first-order valence-corrected chi connectivity index (χ1v) is 8.01. The van der Waals surface area contributed by atoms with Crippen molar-refractivity contribution in [1.82, 2.24) is 15.1 Å². The monoisotopic (exact) mass is 279 g/mol. The van der Waals surface area contributed by atoms with E-state index in [1.54, 1.807) is 0 Å². The molecule has 0 bridgehead atoms. The minimum atomic E-state index is 0.472. The van der Waals surface area contributed by atoms with Crippen molar-refractivity contribution in [3.63, 3.8) is 0 Å². The fourth-order valence-corrected chi connectivity index (χ4v) is 3.19. The van der Waals surface area contributed by atoms with Crippen molar-refractivity contribution in [3.8, 4) is 0 Å². The largest absolute Gasteiger partial charge is 0.381 e. The van der Waals surface area contributed by atoms with E-state index in [4.69, 9.17) is 9.84 Å². The third kappa shape index (κ3) is 3.41. The first kappa shape index (κ1) is 15.5. The van der Waals surface area contributed by atoms with Gasteiger partial charge in [0.25, 0.3) is 0 Å². The molecule has 2 unspecified atom stereocenters. The highest BCUT2D eigenvalue weighted by Crippen LogP contribution is 2.20. The van der Waals surface area contributed by atoms with Crippen LogP contribution in [0, 0.1) is 19.8 Å². The molecule has 2 heterocycles. The molecule has 1 aromatic rings. The smallest absolute Gasteiger partial charge is 0.0628 e. The number of hydrogen-bond donors (Lipinski definition) is 1. The molecule has 2 atom stereocenters. The lowest BCUT2D eigenvalue weighted by atomic mass is 9.98. The van der Waals surface area contributed by atoms with Gasteiger partial charge in [0.2, 0.25) is 0 Å².